The zero-order valence-electron chi connectivity index (χ0n) is 21.3. The van der Waals surface area contributed by atoms with Gasteiger partial charge in [0.1, 0.15) is 0 Å². The Balaban J connectivity index is 1.39. The van der Waals surface area contributed by atoms with Crippen LogP contribution in [0.15, 0.2) is 66.7 Å². The minimum Gasteiger partial charge on any atom is -0.481 e. The summed E-state index contributed by atoms with van der Waals surface area (Å²) in [7, 11) is 0. The molecule has 2 heterocycles. The lowest BCUT2D eigenvalue weighted by Gasteiger charge is -2.29. The predicted molar refractivity (Wildman–Crippen MR) is 144 cm³/mol. The standard InChI is InChI=1S/C29H35N3O6/c33-28(34)11-7-2-1-6-10-23-24(27-17-16-26(23)38-27)19-30-25(18-20-8-4-3-5-9-20)29(35)31-21-12-14-22(15-13-21)32(36)37/h1,3-6,8-9,12-15,23-27,30H,2,7,10-11,16-19H2,(H,31,35)(H,33,34)/t23-,24+,25?,26-,27+/m1/s1. The van der Waals surface area contributed by atoms with Gasteiger partial charge in [-0.3, -0.25) is 19.7 Å². The maximum atomic E-state index is 13.3. The summed E-state index contributed by atoms with van der Waals surface area (Å²) < 4.78 is 6.24. The van der Waals surface area contributed by atoms with Crippen LogP contribution < -0.4 is 10.6 Å². The number of nitrogens with one attached hydrogen (secondary N) is 2. The topological polar surface area (TPSA) is 131 Å². The molecule has 202 valence electrons. The van der Waals surface area contributed by atoms with Gasteiger partial charge in [-0.25, -0.2) is 0 Å². The average molecular weight is 522 g/mol. The fraction of sp³-hybridized carbons (Fsp3) is 0.448. The predicted octanol–water partition coefficient (Wildman–Crippen LogP) is 4.73. The number of carboxylic acid groups (broad SMARTS) is 1. The van der Waals surface area contributed by atoms with E-state index in [1.165, 1.54) is 24.3 Å². The Bertz CT molecular complexity index is 1120. The molecule has 38 heavy (non-hydrogen) atoms. The van der Waals surface area contributed by atoms with Gasteiger partial charge in [0.2, 0.25) is 5.91 Å². The number of aliphatic carboxylic acids is 1. The van der Waals surface area contributed by atoms with Crippen LogP contribution in [-0.4, -0.2) is 46.7 Å². The molecular formula is C29H35N3O6. The number of ether oxygens (including phenoxy) is 1. The Labute approximate surface area is 222 Å². The molecule has 2 aliphatic rings. The highest BCUT2D eigenvalue weighted by Crippen LogP contribution is 2.45. The van der Waals surface area contributed by atoms with Gasteiger partial charge in [-0.1, -0.05) is 42.5 Å². The molecule has 0 radical (unpaired) electrons. The largest absolute Gasteiger partial charge is 0.481 e. The third kappa shape index (κ3) is 7.49. The van der Waals surface area contributed by atoms with Gasteiger partial charge >= 0.3 is 5.97 Å². The van der Waals surface area contributed by atoms with Crippen LogP contribution in [0, 0.1) is 22.0 Å². The molecule has 1 unspecified atom stereocenters. The molecule has 9 nitrogen and oxygen atoms in total. The molecule has 2 saturated heterocycles. The lowest BCUT2D eigenvalue weighted by Crippen LogP contribution is -2.46. The van der Waals surface area contributed by atoms with Crippen LogP contribution in [-0.2, 0) is 20.7 Å². The van der Waals surface area contributed by atoms with Gasteiger partial charge in [0, 0.05) is 36.7 Å². The number of unbranched alkanes of at least 4 members (excludes halogenated alkanes) is 1. The summed E-state index contributed by atoms with van der Waals surface area (Å²) in [6.45, 7) is 0.643. The van der Waals surface area contributed by atoms with Crippen molar-refractivity contribution in [1.29, 1.82) is 0 Å². The number of anilines is 1. The molecule has 2 aromatic rings. The molecule has 0 spiro atoms. The Morgan fingerprint density at radius 3 is 2.45 bits per heavy atom. The zero-order chi connectivity index (χ0) is 26.9. The number of rotatable bonds is 14. The van der Waals surface area contributed by atoms with E-state index in [-0.39, 0.29) is 36.1 Å². The van der Waals surface area contributed by atoms with E-state index in [9.17, 15) is 19.7 Å². The van der Waals surface area contributed by atoms with Crippen LogP contribution in [0.25, 0.3) is 0 Å². The number of carbonyl (C=O) groups is 2. The van der Waals surface area contributed by atoms with Crippen molar-refractivity contribution in [2.24, 2.45) is 11.8 Å². The quantitative estimate of drug-likeness (QED) is 0.142. The summed E-state index contributed by atoms with van der Waals surface area (Å²) in [5, 5.41) is 26.2. The second-order valence-corrected chi connectivity index (χ2v) is 10.1. The summed E-state index contributed by atoms with van der Waals surface area (Å²) in [6.07, 6.45) is 9.62. The summed E-state index contributed by atoms with van der Waals surface area (Å²) >= 11 is 0. The summed E-state index contributed by atoms with van der Waals surface area (Å²) in [4.78, 5) is 34.5. The molecule has 2 aromatic carbocycles. The molecular weight excluding hydrogens is 486 g/mol. The maximum Gasteiger partial charge on any atom is 0.303 e. The van der Waals surface area contributed by atoms with E-state index >= 15 is 0 Å². The number of benzene rings is 2. The maximum absolute atomic E-state index is 13.3. The molecule has 2 aliphatic heterocycles. The van der Waals surface area contributed by atoms with Crippen molar-refractivity contribution in [2.45, 2.75) is 63.2 Å². The minimum atomic E-state index is -0.770. The van der Waals surface area contributed by atoms with Crippen molar-refractivity contribution in [2.75, 3.05) is 11.9 Å². The van der Waals surface area contributed by atoms with Gasteiger partial charge in [0.05, 0.1) is 23.2 Å². The number of allylic oxidation sites excluding steroid dienone is 2. The first-order valence-electron chi connectivity index (χ1n) is 13.3. The zero-order valence-corrected chi connectivity index (χ0v) is 21.3. The monoisotopic (exact) mass is 521 g/mol. The number of carbonyl (C=O) groups excluding carboxylic acids is 1. The van der Waals surface area contributed by atoms with E-state index in [0.717, 1.165) is 31.2 Å². The number of nitro groups is 1. The number of amides is 1. The van der Waals surface area contributed by atoms with Crippen LogP contribution in [0.4, 0.5) is 11.4 Å². The lowest BCUT2D eigenvalue weighted by atomic mass is 9.77. The highest BCUT2D eigenvalue weighted by Gasteiger charge is 2.48. The average Bonchev–Trinajstić information content (AvgIpc) is 3.51. The molecule has 4 rings (SSSR count). The normalized spacial score (nSPS) is 22.9. The van der Waals surface area contributed by atoms with Gasteiger partial charge in [0.15, 0.2) is 0 Å². The van der Waals surface area contributed by atoms with E-state index in [1.54, 1.807) is 0 Å². The van der Waals surface area contributed by atoms with Crippen LogP contribution in [0.3, 0.4) is 0 Å². The fourth-order valence-electron chi connectivity index (χ4n) is 5.50. The third-order valence-electron chi connectivity index (χ3n) is 7.47. The van der Waals surface area contributed by atoms with E-state index < -0.39 is 16.9 Å². The number of hydrogen-bond donors (Lipinski definition) is 3. The Morgan fingerprint density at radius 2 is 1.76 bits per heavy atom. The number of carboxylic acids is 1. The first-order chi connectivity index (χ1) is 18.4. The first kappa shape index (κ1) is 27.5. The number of non-ortho nitro benzene ring substituents is 1. The third-order valence-corrected chi connectivity index (χ3v) is 7.47. The highest BCUT2D eigenvalue weighted by molar-refractivity contribution is 5.95. The van der Waals surface area contributed by atoms with Crippen LogP contribution in [0.5, 0.6) is 0 Å². The Morgan fingerprint density at radius 1 is 1.05 bits per heavy atom. The molecule has 0 aliphatic carbocycles. The highest BCUT2D eigenvalue weighted by atomic mass is 16.6. The molecule has 1 amide bonds. The second-order valence-electron chi connectivity index (χ2n) is 10.1. The lowest BCUT2D eigenvalue weighted by molar-refractivity contribution is -0.384. The Hall–Kier alpha value is -3.56. The van der Waals surface area contributed by atoms with Gasteiger partial charge in [0.25, 0.3) is 5.69 Å². The molecule has 9 heteroatoms. The summed E-state index contributed by atoms with van der Waals surface area (Å²) in [5.74, 6) is -0.328. The smallest absolute Gasteiger partial charge is 0.303 e. The van der Waals surface area contributed by atoms with Crippen molar-refractivity contribution in [3.63, 3.8) is 0 Å². The SMILES string of the molecule is O=C(O)CCCC=CC[C@@H]1[C@H](CNC(Cc2ccccc2)C(=O)Nc2ccc([N+](=O)[O-])cc2)[C@@H]2CC[C@H]1O2. The van der Waals surface area contributed by atoms with E-state index in [4.69, 9.17) is 9.84 Å². The molecule has 2 bridgehead atoms. The summed E-state index contributed by atoms with van der Waals surface area (Å²) in [6, 6.07) is 15.2. The fourth-order valence-corrected chi connectivity index (χ4v) is 5.50. The number of nitro benzene ring substituents is 1. The van der Waals surface area contributed by atoms with Crippen molar-refractivity contribution in [3.05, 3.63) is 82.4 Å². The van der Waals surface area contributed by atoms with Crippen LogP contribution >= 0.6 is 0 Å². The van der Waals surface area contributed by atoms with Gasteiger partial charge in [-0.2, -0.15) is 0 Å². The van der Waals surface area contributed by atoms with Gasteiger partial charge < -0.3 is 20.5 Å². The molecule has 5 atom stereocenters. The molecule has 2 fully saturated rings. The van der Waals surface area contributed by atoms with Crippen molar-refractivity contribution >= 4 is 23.3 Å². The van der Waals surface area contributed by atoms with Crippen molar-refractivity contribution < 1.29 is 24.4 Å². The molecule has 0 aromatic heterocycles. The van der Waals surface area contributed by atoms with E-state index in [1.807, 2.05) is 30.3 Å². The Kier molecular flexibility index (Phi) is 9.62. The summed E-state index contributed by atoms with van der Waals surface area (Å²) in [5.41, 5.74) is 1.52. The molecule has 0 saturated carbocycles. The number of hydrogen-bond acceptors (Lipinski definition) is 6. The van der Waals surface area contributed by atoms with Crippen molar-refractivity contribution in [3.8, 4) is 0 Å². The van der Waals surface area contributed by atoms with E-state index in [0.29, 0.717) is 31.0 Å². The van der Waals surface area contributed by atoms with Crippen LogP contribution in [0.1, 0.15) is 44.1 Å². The van der Waals surface area contributed by atoms with Crippen molar-refractivity contribution in [1.82, 2.24) is 5.32 Å². The number of nitrogens with zero attached hydrogens (tertiary/aromatic N) is 1. The first-order valence-corrected chi connectivity index (χ1v) is 13.3. The minimum absolute atomic E-state index is 0.0276. The van der Waals surface area contributed by atoms with Gasteiger partial charge in [-0.15, -0.1) is 0 Å². The van der Waals surface area contributed by atoms with Gasteiger partial charge in [-0.05, 0) is 62.1 Å². The van der Waals surface area contributed by atoms with E-state index in [2.05, 4.69) is 22.8 Å². The van der Waals surface area contributed by atoms with Crippen LogP contribution in [0.2, 0.25) is 0 Å². The number of fused-ring (bicyclic) bond motifs is 2. The second kappa shape index (κ2) is 13.3. The molecule has 3 N–H and O–H groups in total.